The number of carboxylic acid groups (broad SMARTS) is 1. The lowest BCUT2D eigenvalue weighted by atomic mass is 10.1. The van der Waals surface area contributed by atoms with E-state index in [-0.39, 0.29) is 29.2 Å². The third kappa shape index (κ3) is 4.43. The van der Waals surface area contributed by atoms with Crippen LogP contribution < -0.4 is 11.1 Å². The molecule has 0 unspecified atom stereocenters. The van der Waals surface area contributed by atoms with Crippen molar-refractivity contribution in [2.45, 2.75) is 18.9 Å². The highest BCUT2D eigenvalue weighted by Gasteiger charge is 2.22. The van der Waals surface area contributed by atoms with E-state index in [1.54, 1.807) is 0 Å². The van der Waals surface area contributed by atoms with Crippen LogP contribution in [-0.4, -0.2) is 34.0 Å². The van der Waals surface area contributed by atoms with Crippen molar-refractivity contribution in [3.63, 3.8) is 0 Å². The third-order valence-corrected chi connectivity index (χ3v) is 2.72. The minimum absolute atomic E-state index is 0.111. The minimum atomic E-state index is -1.30. The van der Waals surface area contributed by atoms with Crippen LogP contribution in [0.15, 0.2) is 18.2 Å². The first-order valence-corrected chi connectivity index (χ1v) is 5.99. The molecular weight excluding hydrogens is 288 g/mol. The lowest BCUT2D eigenvalue weighted by Gasteiger charge is -2.14. The molecule has 0 bridgehead atoms. The summed E-state index contributed by atoms with van der Waals surface area (Å²) in [4.78, 5) is 33.4. The molecule has 1 atom stereocenters. The third-order valence-electron chi connectivity index (χ3n) is 2.49. The number of aromatic hydroxyl groups is 1. The molecule has 0 aliphatic heterocycles. The fourth-order valence-electron chi connectivity index (χ4n) is 1.48. The van der Waals surface area contributed by atoms with Gasteiger partial charge in [-0.05, 0) is 24.6 Å². The van der Waals surface area contributed by atoms with Gasteiger partial charge >= 0.3 is 5.97 Å². The summed E-state index contributed by atoms with van der Waals surface area (Å²) in [5.74, 6) is -3.11. The largest absolute Gasteiger partial charge is 0.507 e. The van der Waals surface area contributed by atoms with Crippen LogP contribution in [0.25, 0.3) is 0 Å². The predicted octanol–water partition coefficient (Wildman–Crippen LogP) is 0.494. The molecule has 1 aromatic rings. The molecule has 1 aromatic carbocycles. The lowest BCUT2D eigenvalue weighted by molar-refractivity contribution is -0.139. The second-order valence-corrected chi connectivity index (χ2v) is 4.47. The number of aliphatic carboxylic acids is 1. The number of nitrogens with one attached hydrogen (secondary N) is 1. The number of amides is 2. The number of carboxylic acids is 1. The molecule has 0 aliphatic carbocycles. The monoisotopic (exact) mass is 300 g/mol. The summed E-state index contributed by atoms with van der Waals surface area (Å²) in [6, 6.07) is 2.54. The summed E-state index contributed by atoms with van der Waals surface area (Å²) in [6.07, 6.45) is -0.311. The topological polar surface area (TPSA) is 130 Å². The Balaban J connectivity index is 2.80. The van der Waals surface area contributed by atoms with Gasteiger partial charge in [0, 0.05) is 11.4 Å². The molecule has 0 fully saturated rings. The van der Waals surface area contributed by atoms with Gasteiger partial charge in [0.1, 0.15) is 11.8 Å². The number of rotatable bonds is 6. The zero-order valence-corrected chi connectivity index (χ0v) is 11.1. The van der Waals surface area contributed by atoms with Crippen molar-refractivity contribution in [3.05, 3.63) is 28.8 Å². The molecule has 5 N–H and O–H groups in total. The number of hydrogen-bond acceptors (Lipinski definition) is 4. The number of primary amides is 1. The fraction of sp³-hybridized carbons (Fsp3) is 0.250. The Bertz CT molecular complexity index is 547. The maximum absolute atomic E-state index is 11.8. The lowest BCUT2D eigenvalue weighted by Crippen LogP contribution is -2.41. The Morgan fingerprint density at radius 2 is 2.00 bits per heavy atom. The molecule has 0 radical (unpaired) electrons. The summed E-state index contributed by atoms with van der Waals surface area (Å²) >= 11 is 5.63. The zero-order valence-electron chi connectivity index (χ0n) is 10.3. The molecule has 20 heavy (non-hydrogen) atoms. The van der Waals surface area contributed by atoms with E-state index in [9.17, 15) is 19.5 Å². The summed E-state index contributed by atoms with van der Waals surface area (Å²) in [5.41, 5.74) is 4.81. The first kappa shape index (κ1) is 15.8. The second kappa shape index (κ2) is 6.76. The van der Waals surface area contributed by atoms with Gasteiger partial charge in [0.25, 0.3) is 5.91 Å². The standard InChI is InChI=1S/C12H13ClN2O5/c13-6-1-2-7(9(16)5-6)11(18)15-8(12(19)20)3-4-10(14)17/h1-2,5,8,16H,3-4H2,(H2,14,17)(H,15,18)(H,19,20)/t8-/m1/s1. The molecule has 0 heterocycles. The normalized spacial score (nSPS) is 11.7. The maximum Gasteiger partial charge on any atom is 0.326 e. The molecule has 8 heteroatoms. The van der Waals surface area contributed by atoms with E-state index in [2.05, 4.69) is 5.32 Å². The van der Waals surface area contributed by atoms with E-state index >= 15 is 0 Å². The molecule has 0 saturated carbocycles. The Morgan fingerprint density at radius 3 is 2.50 bits per heavy atom. The molecule has 7 nitrogen and oxygen atoms in total. The van der Waals surface area contributed by atoms with Crippen molar-refractivity contribution in [1.29, 1.82) is 0 Å². The van der Waals surface area contributed by atoms with Crippen LogP contribution in [0.4, 0.5) is 0 Å². The Hall–Kier alpha value is -2.28. The highest BCUT2D eigenvalue weighted by atomic mass is 35.5. The maximum atomic E-state index is 11.8. The average molecular weight is 301 g/mol. The highest BCUT2D eigenvalue weighted by Crippen LogP contribution is 2.21. The van der Waals surface area contributed by atoms with Crippen molar-refractivity contribution in [3.8, 4) is 5.75 Å². The Morgan fingerprint density at radius 1 is 1.35 bits per heavy atom. The van der Waals surface area contributed by atoms with Crippen molar-refractivity contribution in [2.24, 2.45) is 5.73 Å². The number of nitrogens with two attached hydrogens (primary N) is 1. The molecule has 0 saturated heterocycles. The number of halogens is 1. The molecular formula is C12H13ClN2O5. The van der Waals surface area contributed by atoms with Gasteiger partial charge in [-0.1, -0.05) is 11.6 Å². The van der Waals surface area contributed by atoms with Crippen LogP contribution in [0.1, 0.15) is 23.2 Å². The minimum Gasteiger partial charge on any atom is -0.507 e. The summed E-state index contributed by atoms with van der Waals surface area (Å²) in [5, 5.41) is 20.9. The van der Waals surface area contributed by atoms with Crippen LogP contribution in [0, 0.1) is 0 Å². The average Bonchev–Trinajstić information content (AvgIpc) is 2.33. The first-order chi connectivity index (χ1) is 9.31. The molecule has 0 aliphatic rings. The summed E-state index contributed by atoms with van der Waals surface area (Å²) < 4.78 is 0. The molecule has 0 spiro atoms. The van der Waals surface area contributed by atoms with E-state index in [0.29, 0.717) is 0 Å². The number of phenols is 1. The van der Waals surface area contributed by atoms with E-state index < -0.39 is 23.8 Å². The second-order valence-electron chi connectivity index (χ2n) is 4.03. The van der Waals surface area contributed by atoms with Crippen molar-refractivity contribution in [1.82, 2.24) is 5.32 Å². The van der Waals surface area contributed by atoms with E-state index in [1.807, 2.05) is 0 Å². The van der Waals surface area contributed by atoms with Gasteiger partial charge in [0.15, 0.2) is 0 Å². The quantitative estimate of drug-likeness (QED) is 0.607. The van der Waals surface area contributed by atoms with E-state index in [4.69, 9.17) is 22.4 Å². The van der Waals surface area contributed by atoms with Crippen LogP contribution in [0.2, 0.25) is 5.02 Å². The molecule has 2 amide bonds. The van der Waals surface area contributed by atoms with E-state index in [1.165, 1.54) is 12.1 Å². The summed E-state index contributed by atoms with van der Waals surface area (Å²) in [6.45, 7) is 0. The van der Waals surface area contributed by atoms with Crippen molar-refractivity contribution < 1.29 is 24.6 Å². The van der Waals surface area contributed by atoms with Gasteiger partial charge in [0.2, 0.25) is 5.91 Å². The van der Waals surface area contributed by atoms with Crippen LogP contribution in [-0.2, 0) is 9.59 Å². The number of hydrogen-bond donors (Lipinski definition) is 4. The van der Waals surface area contributed by atoms with Crippen LogP contribution in [0.3, 0.4) is 0 Å². The van der Waals surface area contributed by atoms with E-state index in [0.717, 1.165) is 6.07 Å². The molecule has 108 valence electrons. The van der Waals surface area contributed by atoms with Gasteiger partial charge in [0.05, 0.1) is 5.56 Å². The Labute approximate surface area is 119 Å². The van der Waals surface area contributed by atoms with Gasteiger partial charge < -0.3 is 21.3 Å². The van der Waals surface area contributed by atoms with Crippen molar-refractivity contribution in [2.75, 3.05) is 0 Å². The number of phenolic OH excluding ortho intramolecular Hbond substituents is 1. The van der Waals surface area contributed by atoms with Gasteiger partial charge in [-0.3, -0.25) is 9.59 Å². The molecule has 1 rings (SSSR count). The number of carbonyl (C=O) groups excluding carboxylic acids is 2. The smallest absolute Gasteiger partial charge is 0.326 e. The van der Waals surface area contributed by atoms with Gasteiger partial charge in [-0.2, -0.15) is 0 Å². The SMILES string of the molecule is NC(=O)CC[C@@H](NC(=O)c1ccc(Cl)cc1O)C(=O)O. The highest BCUT2D eigenvalue weighted by molar-refractivity contribution is 6.30. The number of benzene rings is 1. The molecule has 0 aromatic heterocycles. The van der Waals surface area contributed by atoms with Gasteiger partial charge in [-0.15, -0.1) is 0 Å². The fourth-order valence-corrected chi connectivity index (χ4v) is 1.64. The van der Waals surface area contributed by atoms with Crippen LogP contribution >= 0.6 is 11.6 Å². The summed E-state index contributed by atoms with van der Waals surface area (Å²) in [7, 11) is 0. The van der Waals surface area contributed by atoms with Gasteiger partial charge in [-0.25, -0.2) is 4.79 Å². The number of carbonyl (C=O) groups is 3. The zero-order chi connectivity index (χ0) is 15.3. The Kier molecular flexibility index (Phi) is 5.33. The first-order valence-electron chi connectivity index (χ1n) is 5.61. The van der Waals surface area contributed by atoms with Crippen LogP contribution in [0.5, 0.6) is 5.75 Å². The predicted molar refractivity (Wildman–Crippen MR) is 70.4 cm³/mol. The van der Waals surface area contributed by atoms with Crippen molar-refractivity contribution >= 4 is 29.4 Å².